The fourth-order valence-electron chi connectivity index (χ4n) is 2.04. The minimum absolute atomic E-state index is 0.0596. The number of rotatable bonds is 6. The molecular weight excluding hydrogens is 232 g/mol. The van der Waals surface area contributed by atoms with Crippen molar-refractivity contribution in [3.05, 3.63) is 35.8 Å². The van der Waals surface area contributed by atoms with Crippen LogP contribution in [0.2, 0.25) is 0 Å². The first-order valence-electron chi connectivity index (χ1n) is 6.30. The molecule has 0 fully saturated rings. The first-order chi connectivity index (χ1) is 8.66. The molecule has 0 heterocycles. The van der Waals surface area contributed by atoms with E-state index in [0.717, 1.165) is 50.0 Å². The quantitative estimate of drug-likeness (QED) is 0.581. The van der Waals surface area contributed by atoms with Crippen molar-refractivity contribution in [2.24, 2.45) is 0 Å². The minimum Gasteiger partial charge on any atom is -0.478 e. The molecular formula is C14H18O4. The van der Waals surface area contributed by atoms with E-state index in [1.807, 2.05) is 12.2 Å². The van der Waals surface area contributed by atoms with Crippen LogP contribution >= 0.6 is 0 Å². The van der Waals surface area contributed by atoms with Gasteiger partial charge < -0.3 is 14.6 Å². The van der Waals surface area contributed by atoms with E-state index in [-0.39, 0.29) is 5.57 Å². The summed E-state index contributed by atoms with van der Waals surface area (Å²) in [5.74, 6) is 0.527. The Morgan fingerprint density at radius 1 is 1.17 bits per heavy atom. The summed E-state index contributed by atoms with van der Waals surface area (Å²) in [5, 5.41) is 9.00. The zero-order valence-electron chi connectivity index (χ0n) is 10.4. The number of aliphatic carboxylic acids is 1. The number of carboxylic acids is 1. The van der Waals surface area contributed by atoms with Gasteiger partial charge in [-0.15, -0.1) is 0 Å². The molecule has 0 aliphatic heterocycles. The van der Waals surface area contributed by atoms with Gasteiger partial charge in [-0.05, 0) is 37.8 Å². The van der Waals surface area contributed by atoms with Gasteiger partial charge in [0.25, 0.3) is 6.29 Å². The fraction of sp³-hybridized carbons (Fsp3) is 0.500. The maximum atomic E-state index is 11.0. The Morgan fingerprint density at radius 3 is 2.00 bits per heavy atom. The van der Waals surface area contributed by atoms with Crippen LogP contribution in [0.5, 0.6) is 0 Å². The summed E-state index contributed by atoms with van der Waals surface area (Å²) in [7, 11) is 0. The second-order valence-corrected chi connectivity index (χ2v) is 4.52. The molecule has 0 aromatic rings. The van der Waals surface area contributed by atoms with Gasteiger partial charge in [0.15, 0.2) is 0 Å². The van der Waals surface area contributed by atoms with Crippen molar-refractivity contribution in [1.82, 2.24) is 0 Å². The third-order valence-electron chi connectivity index (χ3n) is 3.07. The lowest BCUT2D eigenvalue weighted by atomic mass is 10.3. The number of carboxylic acid groups (broad SMARTS) is 1. The lowest BCUT2D eigenvalue weighted by Gasteiger charge is -2.21. The van der Waals surface area contributed by atoms with Gasteiger partial charge in [-0.1, -0.05) is 6.58 Å². The summed E-state index contributed by atoms with van der Waals surface area (Å²) < 4.78 is 11.2. The highest BCUT2D eigenvalue weighted by atomic mass is 16.7. The fourth-order valence-corrected chi connectivity index (χ4v) is 2.04. The maximum absolute atomic E-state index is 11.0. The summed E-state index contributed by atoms with van der Waals surface area (Å²) in [6, 6.07) is 0. The van der Waals surface area contributed by atoms with E-state index < -0.39 is 12.3 Å². The Morgan fingerprint density at radius 2 is 1.67 bits per heavy atom. The van der Waals surface area contributed by atoms with E-state index in [9.17, 15) is 4.79 Å². The Bertz CT molecular complexity index is 380. The van der Waals surface area contributed by atoms with E-state index in [1.165, 1.54) is 0 Å². The Balaban J connectivity index is 2.01. The van der Waals surface area contributed by atoms with Crippen LogP contribution in [0.15, 0.2) is 35.8 Å². The molecule has 0 atom stereocenters. The largest absolute Gasteiger partial charge is 0.478 e. The highest BCUT2D eigenvalue weighted by Gasteiger charge is 2.25. The number of hydrogen-bond acceptors (Lipinski definition) is 3. The van der Waals surface area contributed by atoms with Gasteiger partial charge >= 0.3 is 5.97 Å². The van der Waals surface area contributed by atoms with Crippen LogP contribution in [0.1, 0.15) is 38.5 Å². The molecule has 18 heavy (non-hydrogen) atoms. The van der Waals surface area contributed by atoms with Crippen LogP contribution in [0, 0.1) is 0 Å². The first-order valence-corrected chi connectivity index (χ1v) is 6.30. The highest BCUT2D eigenvalue weighted by Crippen LogP contribution is 2.27. The normalized spacial score (nSPS) is 18.5. The van der Waals surface area contributed by atoms with Crippen molar-refractivity contribution in [2.45, 2.75) is 44.8 Å². The van der Waals surface area contributed by atoms with Crippen molar-refractivity contribution in [3.8, 4) is 0 Å². The van der Waals surface area contributed by atoms with Crippen LogP contribution in [0.25, 0.3) is 0 Å². The van der Waals surface area contributed by atoms with E-state index in [4.69, 9.17) is 14.6 Å². The minimum atomic E-state index is -1.09. The van der Waals surface area contributed by atoms with E-state index >= 15 is 0 Å². The third kappa shape index (κ3) is 3.15. The number of allylic oxidation sites excluding steroid dienone is 4. The molecule has 1 N–H and O–H groups in total. The Hall–Kier alpha value is -1.71. The molecule has 0 radical (unpaired) electrons. The van der Waals surface area contributed by atoms with Crippen LogP contribution in [-0.2, 0) is 14.3 Å². The van der Waals surface area contributed by atoms with Gasteiger partial charge in [-0.2, -0.15) is 0 Å². The molecule has 2 aliphatic carbocycles. The van der Waals surface area contributed by atoms with Gasteiger partial charge in [-0.3, -0.25) is 0 Å². The Kier molecular flexibility index (Phi) is 4.07. The molecule has 0 unspecified atom stereocenters. The van der Waals surface area contributed by atoms with Crippen LogP contribution in [0.4, 0.5) is 0 Å². The van der Waals surface area contributed by atoms with Crippen molar-refractivity contribution < 1.29 is 19.4 Å². The second kappa shape index (κ2) is 5.76. The lowest BCUT2D eigenvalue weighted by molar-refractivity contribution is -0.138. The summed E-state index contributed by atoms with van der Waals surface area (Å²) in [6.45, 7) is 3.53. The predicted molar refractivity (Wildman–Crippen MR) is 66.6 cm³/mol. The summed E-state index contributed by atoms with van der Waals surface area (Å²) in [4.78, 5) is 11.0. The standard InChI is InChI=1S/C14H18O4/c1-10(13(15)16)14(17-11-6-2-3-7-11)18-12-8-4-5-9-12/h6,8,14H,1-5,7,9H2,(H,15,16). The van der Waals surface area contributed by atoms with Crippen molar-refractivity contribution in [1.29, 1.82) is 0 Å². The molecule has 4 nitrogen and oxygen atoms in total. The average Bonchev–Trinajstić information content (AvgIpc) is 2.99. The molecule has 0 spiro atoms. The van der Waals surface area contributed by atoms with E-state index in [2.05, 4.69) is 6.58 Å². The first kappa shape index (κ1) is 12.7. The molecule has 0 bridgehead atoms. The van der Waals surface area contributed by atoms with Crippen LogP contribution in [0.3, 0.4) is 0 Å². The summed E-state index contributed by atoms with van der Waals surface area (Å²) >= 11 is 0. The highest BCUT2D eigenvalue weighted by molar-refractivity contribution is 5.86. The smallest absolute Gasteiger partial charge is 0.338 e. The molecule has 0 amide bonds. The van der Waals surface area contributed by atoms with Gasteiger partial charge in [0.1, 0.15) is 5.57 Å². The Labute approximate surface area is 107 Å². The van der Waals surface area contributed by atoms with Crippen molar-refractivity contribution in [2.75, 3.05) is 0 Å². The maximum Gasteiger partial charge on any atom is 0.338 e. The molecule has 0 saturated heterocycles. The summed E-state index contributed by atoms with van der Waals surface area (Å²) in [5.41, 5.74) is -0.0596. The molecule has 4 heteroatoms. The zero-order chi connectivity index (χ0) is 13.0. The topological polar surface area (TPSA) is 55.8 Å². The summed E-state index contributed by atoms with van der Waals surface area (Å²) in [6.07, 6.45) is 8.78. The predicted octanol–water partition coefficient (Wildman–Crippen LogP) is 3.12. The SMILES string of the molecule is C=C(C(=O)O)C(OC1=CCCC1)OC1=CCCC1. The molecule has 0 saturated carbocycles. The van der Waals surface area contributed by atoms with Crippen molar-refractivity contribution in [3.63, 3.8) is 0 Å². The monoisotopic (exact) mass is 250 g/mol. The van der Waals surface area contributed by atoms with E-state index in [1.54, 1.807) is 0 Å². The second-order valence-electron chi connectivity index (χ2n) is 4.52. The third-order valence-corrected chi connectivity index (χ3v) is 3.07. The number of carbonyl (C=O) groups is 1. The molecule has 0 aromatic heterocycles. The molecule has 2 rings (SSSR count). The lowest BCUT2D eigenvalue weighted by Crippen LogP contribution is -2.23. The van der Waals surface area contributed by atoms with Gasteiger partial charge in [0, 0.05) is 12.8 Å². The van der Waals surface area contributed by atoms with Gasteiger partial charge in [0.2, 0.25) is 0 Å². The number of hydrogen-bond donors (Lipinski definition) is 1. The van der Waals surface area contributed by atoms with Crippen molar-refractivity contribution >= 4 is 5.97 Å². The molecule has 98 valence electrons. The van der Waals surface area contributed by atoms with Crippen LogP contribution in [-0.4, -0.2) is 17.4 Å². The van der Waals surface area contributed by atoms with Crippen LogP contribution < -0.4 is 0 Å². The van der Waals surface area contributed by atoms with Gasteiger partial charge in [-0.25, -0.2) is 4.79 Å². The van der Waals surface area contributed by atoms with Gasteiger partial charge in [0.05, 0.1) is 11.5 Å². The average molecular weight is 250 g/mol. The molecule has 2 aliphatic rings. The molecule has 0 aromatic carbocycles. The van der Waals surface area contributed by atoms with E-state index in [0.29, 0.717) is 0 Å². The zero-order valence-corrected chi connectivity index (χ0v) is 10.4. The number of ether oxygens (including phenoxy) is 2.